The van der Waals surface area contributed by atoms with Crippen molar-refractivity contribution in [3.8, 4) is 0 Å². The van der Waals surface area contributed by atoms with E-state index in [0.29, 0.717) is 0 Å². The van der Waals surface area contributed by atoms with Crippen molar-refractivity contribution in [2.45, 2.75) is 35.1 Å². The predicted octanol–water partition coefficient (Wildman–Crippen LogP) is 5.24. The molecule has 2 N–H and O–H groups in total. The van der Waals surface area contributed by atoms with Crippen LogP contribution < -0.4 is 5.73 Å². The summed E-state index contributed by atoms with van der Waals surface area (Å²) in [5.41, 5.74) is 11.4. The van der Waals surface area contributed by atoms with E-state index in [4.69, 9.17) is 15.5 Å². The van der Waals surface area contributed by atoms with Gasteiger partial charge in [-0.15, -0.1) is 11.3 Å². The molecule has 1 unspecified atom stereocenters. The van der Waals surface area contributed by atoms with Crippen molar-refractivity contribution in [3.63, 3.8) is 0 Å². The Morgan fingerprint density at radius 2 is 2.06 bits per heavy atom. The van der Waals surface area contributed by atoms with Crippen LogP contribution in [-0.4, -0.2) is 47.3 Å². The first kappa shape index (κ1) is 19.5. The van der Waals surface area contributed by atoms with Crippen LogP contribution in [0.15, 0.2) is 57.4 Å². The molecule has 1 spiro atoms. The third kappa shape index (κ3) is 2.98. The normalized spacial score (nSPS) is 23.5. The molecule has 3 aromatic rings. The van der Waals surface area contributed by atoms with Crippen LogP contribution in [0.1, 0.15) is 24.6 Å². The van der Waals surface area contributed by atoms with Gasteiger partial charge in [0.25, 0.3) is 0 Å². The number of likely N-dealkylation sites (N-methyl/N-ethyl adjacent to an activating group) is 1. The number of hydrogen-bond donors (Lipinski definition) is 2. The number of nitrogen functional groups attached to an aromatic ring is 1. The average molecular weight is 451 g/mol. The lowest BCUT2D eigenvalue weighted by molar-refractivity contribution is 0.0145. The number of hydrogen-bond acceptors (Lipinski definition) is 6. The molecule has 1 saturated heterocycles. The first-order valence-corrected chi connectivity index (χ1v) is 13.1. The third-order valence-electron chi connectivity index (χ3n) is 6.83. The Hall–Kier alpha value is -2.19. The number of nitrogens with zero attached hydrogens (tertiary/aromatic N) is 3. The van der Waals surface area contributed by atoms with Gasteiger partial charge in [0, 0.05) is 57.2 Å². The zero-order valence-electron chi connectivity index (χ0n) is 17.5. The predicted molar refractivity (Wildman–Crippen MR) is 132 cm³/mol. The molecule has 3 aliphatic heterocycles. The van der Waals surface area contributed by atoms with Crippen molar-refractivity contribution in [1.82, 2.24) is 9.88 Å². The molecule has 0 bridgehead atoms. The minimum atomic E-state index is -0.632. The molecule has 31 heavy (non-hydrogen) atoms. The lowest BCUT2D eigenvalue weighted by atomic mass is 9.82. The largest absolute Gasteiger partial charge is 0.399 e. The molecule has 0 saturated carbocycles. The van der Waals surface area contributed by atoms with Crippen LogP contribution in [0.2, 0.25) is 0 Å². The number of aliphatic imine (C=N–C) groups is 1. The van der Waals surface area contributed by atoms with E-state index in [2.05, 4.69) is 46.6 Å². The second-order valence-corrected chi connectivity index (χ2v) is 11.3. The summed E-state index contributed by atoms with van der Waals surface area (Å²) in [6, 6.07) is 10.7. The molecule has 0 amide bonds. The van der Waals surface area contributed by atoms with E-state index < -0.39 is 10.9 Å². The smallest absolute Gasteiger partial charge is 0.124 e. The van der Waals surface area contributed by atoms with Crippen LogP contribution in [0.5, 0.6) is 0 Å². The van der Waals surface area contributed by atoms with Gasteiger partial charge in [-0.1, -0.05) is 13.0 Å². The van der Waals surface area contributed by atoms with Crippen LogP contribution in [0.25, 0.3) is 15.8 Å². The van der Waals surface area contributed by atoms with Gasteiger partial charge in [0.1, 0.15) is 4.83 Å². The lowest BCUT2D eigenvalue weighted by Crippen LogP contribution is -2.49. The first-order valence-electron chi connectivity index (χ1n) is 10.8. The summed E-state index contributed by atoms with van der Waals surface area (Å²) in [5, 5.41) is 1.27. The van der Waals surface area contributed by atoms with Crippen LogP contribution in [0.3, 0.4) is 0 Å². The number of thiol groups is 1. The van der Waals surface area contributed by atoms with Gasteiger partial charge in [-0.2, -0.15) is 10.9 Å². The number of thiophene rings is 1. The Labute approximate surface area is 189 Å². The van der Waals surface area contributed by atoms with Gasteiger partial charge >= 0.3 is 0 Å². The standard InChI is InChI=1S/C24H26N4OS2/c1-2-28-10-6-18(24(28)7-11-29-12-8-24)20-14-17-21(5-9-26-23(17)30-20)31-15-27-19-13-16(25)3-4-22(19)31/h3-6,9,13-15,31H,2,7-8,10-12,25H2,1H3. The fraction of sp³-hybridized carbons (Fsp3) is 0.333. The highest BCUT2D eigenvalue weighted by Gasteiger charge is 2.45. The van der Waals surface area contributed by atoms with Gasteiger partial charge in [-0.25, -0.2) is 9.98 Å². The Morgan fingerprint density at radius 1 is 1.19 bits per heavy atom. The Kier molecular flexibility index (Phi) is 4.68. The molecule has 3 aliphatic rings. The molecule has 5 heterocycles. The fourth-order valence-corrected chi connectivity index (χ4v) is 8.53. The average Bonchev–Trinajstić information content (AvgIpc) is 3.48. The Balaban J connectivity index is 1.44. The maximum absolute atomic E-state index is 5.98. The molecular weight excluding hydrogens is 424 g/mol. The summed E-state index contributed by atoms with van der Waals surface area (Å²) in [4.78, 5) is 17.1. The van der Waals surface area contributed by atoms with E-state index in [9.17, 15) is 0 Å². The zero-order valence-corrected chi connectivity index (χ0v) is 19.3. The number of benzene rings is 1. The summed E-state index contributed by atoms with van der Waals surface area (Å²) in [7, 11) is -0.632. The van der Waals surface area contributed by atoms with E-state index in [1.54, 1.807) is 0 Å². The minimum Gasteiger partial charge on any atom is -0.399 e. The number of fused-ring (bicyclic) bond motifs is 2. The number of pyridine rings is 1. The van der Waals surface area contributed by atoms with Crippen molar-refractivity contribution in [3.05, 3.63) is 47.5 Å². The summed E-state index contributed by atoms with van der Waals surface area (Å²) in [6.45, 7) is 6.03. The van der Waals surface area contributed by atoms with Gasteiger partial charge in [0.15, 0.2) is 0 Å². The van der Waals surface area contributed by atoms with Gasteiger partial charge in [0.2, 0.25) is 0 Å². The molecule has 1 fully saturated rings. The molecule has 0 aliphatic carbocycles. The Morgan fingerprint density at radius 3 is 2.90 bits per heavy atom. The highest BCUT2D eigenvalue weighted by atomic mass is 32.2. The molecule has 6 rings (SSSR count). The van der Waals surface area contributed by atoms with E-state index in [0.717, 1.165) is 55.4 Å². The molecule has 160 valence electrons. The lowest BCUT2D eigenvalue weighted by Gasteiger charge is -2.43. The molecule has 1 atom stereocenters. The monoisotopic (exact) mass is 450 g/mol. The molecule has 0 radical (unpaired) electrons. The number of rotatable bonds is 3. The number of anilines is 1. The fourth-order valence-electron chi connectivity index (χ4n) is 5.28. The van der Waals surface area contributed by atoms with Crippen molar-refractivity contribution in [2.24, 2.45) is 4.99 Å². The Bertz CT molecular complexity index is 1230. The van der Waals surface area contributed by atoms with E-state index >= 15 is 0 Å². The molecule has 7 heteroatoms. The summed E-state index contributed by atoms with van der Waals surface area (Å²) in [6.07, 6.45) is 6.53. The van der Waals surface area contributed by atoms with Crippen LogP contribution in [0, 0.1) is 0 Å². The van der Waals surface area contributed by atoms with E-state index in [1.807, 2.05) is 29.7 Å². The number of nitrogens with two attached hydrogens (primary N) is 1. The van der Waals surface area contributed by atoms with Crippen LogP contribution >= 0.6 is 22.2 Å². The van der Waals surface area contributed by atoms with Crippen molar-refractivity contribution < 1.29 is 4.74 Å². The first-order chi connectivity index (χ1) is 15.2. The summed E-state index contributed by atoms with van der Waals surface area (Å²) >= 11 is 1.83. The summed E-state index contributed by atoms with van der Waals surface area (Å²) in [5.74, 6) is 0. The van der Waals surface area contributed by atoms with Crippen molar-refractivity contribution >= 4 is 54.9 Å². The van der Waals surface area contributed by atoms with Crippen LogP contribution in [-0.2, 0) is 4.74 Å². The second kappa shape index (κ2) is 7.45. The van der Waals surface area contributed by atoms with Crippen molar-refractivity contribution in [2.75, 3.05) is 32.0 Å². The SMILES string of the molecule is CCN1CC=C(c2cc3c([SH]4C=Nc5cc(N)ccc54)ccnc3s2)C12CCOCC2. The molecule has 2 aromatic heterocycles. The van der Waals surface area contributed by atoms with Gasteiger partial charge in [-0.05, 0) is 55.3 Å². The minimum absolute atomic E-state index is 0.109. The quantitative estimate of drug-likeness (QED) is 0.423. The topological polar surface area (TPSA) is 63.7 Å². The third-order valence-corrected chi connectivity index (χ3v) is 10.1. The van der Waals surface area contributed by atoms with E-state index in [1.165, 1.54) is 25.6 Å². The molecular formula is C24H26N4OS2. The zero-order chi connectivity index (χ0) is 21.0. The highest BCUT2D eigenvalue weighted by molar-refractivity contribution is 8.29. The number of ether oxygens (including phenoxy) is 1. The maximum atomic E-state index is 5.98. The maximum Gasteiger partial charge on any atom is 0.124 e. The van der Waals surface area contributed by atoms with E-state index in [-0.39, 0.29) is 5.54 Å². The second-order valence-electron chi connectivity index (χ2n) is 8.32. The van der Waals surface area contributed by atoms with Crippen LogP contribution in [0.4, 0.5) is 11.4 Å². The molecule has 1 aromatic carbocycles. The van der Waals surface area contributed by atoms with Gasteiger partial charge in [0.05, 0.1) is 11.2 Å². The summed E-state index contributed by atoms with van der Waals surface area (Å²) < 4.78 is 5.74. The highest BCUT2D eigenvalue weighted by Crippen LogP contribution is 2.55. The number of aromatic nitrogens is 1. The van der Waals surface area contributed by atoms with Crippen molar-refractivity contribution in [1.29, 1.82) is 0 Å². The van der Waals surface area contributed by atoms with Gasteiger partial charge in [-0.3, -0.25) is 4.90 Å². The molecule has 5 nitrogen and oxygen atoms in total. The van der Waals surface area contributed by atoms with Gasteiger partial charge < -0.3 is 10.5 Å².